The van der Waals surface area contributed by atoms with Crippen molar-refractivity contribution in [3.8, 4) is 17.7 Å². The van der Waals surface area contributed by atoms with Gasteiger partial charge in [0.25, 0.3) is 5.91 Å². The molecule has 1 aromatic heterocycles. The number of amides is 1. The summed E-state index contributed by atoms with van der Waals surface area (Å²) in [7, 11) is -2.27. The number of likely N-dealkylation sites (N-methyl/N-ethyl adjacent to an activating group) is 1. The molecule has 1 amide bonds. The van der Waals surface area contributed by atoms with E-state index in [1.54, 1.807) is 48.2 Å². The van der Waals surface area contributed by atoms with Gasteiger partial charge in [-0.1, -0.05) is 37.0 Å². The molecule has 0 saturated heterocycles. The van der Waals surface area contributed by atoms with E-state index in [2.05, 4.69) is 16.8 Å². The number of carbonyl (C=O) groups excluding carboxylic acids is 1. The number of rotatable bonds is 6. The van der Waals surface area contributed by atoms with Crippen LogP contribution in [-0.4, -0.2) is 83.2 Å². The molecule has 1 aromatic carbocycles. The van der Waals surface area contributed by atoms with E-state index in [9.17, 15) is 23.4 Å². The monoisotopic (exact) mass is 541 g/mol. The van der Waals surface area contributed by atoms with Crippen molar-refractivity contribution < 1.29 is 28.2 Å². The first-order valence-corrected chi connectivity index (χ1v) is 14.3. The molecule has 0 radical (unpaired) electrons. The summed E-state index contributed by atoms with van der Waals surface area (Å²) in [4.78, 5) is 19.7. The van der Waals surface area contributed by atoms with Crippen molar-refractivity contribution in [3.05, 3.63) is 53.7 Å². The standard InChI is InChI=1S/C28H35N3O6S/c1-20-17-31(21(2)19-32)27(33)24-15-22(11-14-28(34)12-7-8-13-28)16-29-26(24)37-25(20)18-30(3)38(35,36)23-9-5-4-6-10-23/h4-6,9-10,15-16,20-21,25,32,34H,7-8,12-13,17-19H2,1-3H3/t20-,21+,25-/m1/s1. The van der Waals surface area contributed by atoms with Gasteiger partial charge in [-0.2, -0.15) is 4.31 Å². The Morgan fingerprint density at radius 3 is 2.61 bits per heavy atom. The van der Waals surface area contributed by atoms with Gasteiger partial charge in [0.05, 0.1) is 24.1 Å². The highest BCUT2D eigenvalue weighted by molar-refractivity contribution is 7.89. The third-order valence-electron chi connectivity index (χ3n) is 7.28. The SMILES string of the molecule is C[C@@H]1CN([C@@H](C)CO)C(=O)c2cc(C#CC3(O)CCCC3)cnc2O[C@@H]1CN(C)S(=O)(=O)c1ccccc1. The molecular weight excluding hydrogens is 506 g/mol. The van der Waals surface area contributed by atoms with Crippen LogP contribution >= 0.6 is 0 Å². The van der Waals surface area contributed by atoms with E-state index >= 15 is 0 Å². The largest absolute Gasteiger partial charge is 0.472 e. The molecule has 204 valence electrons. The highest BCUT2D eigenvalue weighted by Crippen LogP contribution is 2.30. The summed E-state index contributed by atoms with van der Waals surface area (Å²) >= 11 is 0. The molecule has 1 saturated carbocycles. The second-order valence-electron chi connectivity index (χ2n) is 10.3. The fraction of sp³-hybridized carbons (Fsp3) is 0.500. The molecular formula is C28H35N3O6S. The molecule has 2 N–H and O–H groups in total. The number of sulfonamides is 1. The number of pyridine rings is 1. The highest BCUT2D eigenvalue weighted by atomic mass is 32.2. The fourth-order valence-corrected chi connectivity index (χ4v) is 5.99. The van der Waals surface area contributed by atoms with Gasteiger partial charge in [0.1, 0.15) is 17.3 Å². The summed E-state index contributed by atoms with van der Waals surface area (Å²) in [6.45, 7) is 3.68. The maximum Gasteiger partial charge on any atom is 0.259 e. The number of benzene rings is 1. The average Bonchev–Trinajstić information content (AvgIpc) is 3.36. The van der Waals surface area contributed by atoms with Gasteiger partial charge in [0.2, 0.25) is 15.9 Å². The zero-order chi connectivity index (χ0) is 27.5. The van der Waals surface area contributed by atoms with Crippen molar-refractivity contribution in [1.29, 1.82) is 0 Å². The predicted octanol–water partition coefficient (Wildman–Crippen LogP) is 2.28. The van der Waals surface area contributed by atoms with Crippen LogP contribution in [0.2, 0.25) is 0 Å². The molecule has 0 bridgehead atoms. The first-order chi connectivity index (χ1) is 18.0. The minimum absolute atomic E-state index is 0.0314. The summed E-state index contributed by atoms with van der Waals surface area (Å²) in [6.07, 6.45) is 3.93. The van der Waals surface area contributed by atoms with Crippen LogP contribution in [0.25, 0.3) is 0 Å². The number of hydrogen-bond acceptors (Lipinski definition) is 7. The van der Waals surface area contributed by atoms with Crippen molar-refractivity contribution in [1.82, 2.24) is 14.2 Å². The molecule has 10 heteroatoms. The van der Waals surface area contributed by atoms with Crippen LogP contribution in [-0.2, 0) is 10.0 Å². The van der Waals surface area contributed by atoms with Gasteiger partial charge in [-0.05, 0) is 50.8 Å². The molecule has 3 atom stereocenters. The second kappa shape index (κ2) is 11.4. The molecule has 9 nitrogen and oxygen atoms in total. The second-order valence-corrected chi connectivity index (χ2v) is 12.3. The lowest BCUT2D eigenvalue weighted by atomic mass is 10.00. The molecule has 38 heavy (non-hydrogen) atoms. The lowest BCUT2D eigenvalue weighted by Crippen LogP contribution is -2.50. The molecule has 0 unspecified atom stereocenters. The Hall–Kier alpha value is -2.97. The maximum absolute atomic E-state index is 13.6. The Morgan fingerprint density at radius 1 is 1.26 bits per heavy atom. The van der Waals surface area contributed by atoms with E-state index in [1.165, 1.54) is 17.5 Å². The number of hydrogen-bond donors (Lipinski definition) is 2. The van der Waals surface area contributed by atoms with E-state index < -0.39 is 27.8 Å². The summed E-state index contributed by atoms with van der Waals surface area (Å²) < 4.78 is 33.8. The van der Waals surface area contributed by atoms with Crippen LogP contribution in [0.1, 0.15) is 55.5 Å². The molecule has 2 aromatic rings. The number of aliphatic hydroxyl groups excluding tert-OH is 1. The Morgan fingerprint density at radius 2 is 1.95 bits per heavy atom. The maximum atomic E-state index is 13.6. The van der Waals surface area contributed by atoms with E-state index in [4.69, 9.17) is 4.74 Å². The van der Waals surface area contributed by atoms with Gasteiger partial charge in [-0.25, -0.2) is 13.4 Å². The topological polar surface area (TPSA) is 120 Å². The van der Waals surface area contributed by atoms with Crippen LogP contribution in [0.5, 0.6) is 5.88 Å². The number of fused-ring (bicyclic) bond motifs is 1. The molecule has 2 heterocycles. The lowest BCUT2D eigenvalue weighted by molar-refractivity contribution is 0.0373. The zero-order valence-electron chi connectivity index (χ0n) is 22.0. The lowest BCUT2D eigenvalue weighted by Gasteiger charge is -2.37. The number of nitrogens with zero attached hydrogens (tertiary/aromatic N) is 3. The van der Waals surface area contributed by atoms with Gasteiger partial charge < -0.3 is 19.8 Å². The quantitative estimate of drug-likeness (QED) is 0.539. The normalized spacial score (nSPS) is 22.1. The Labute approximate surface area is 224 Å². The minimum Gasteiger partial charge on any atom is -0.472 e. The molecule has 1 fully saturated rings. The van der Waals surface area contributed by atoms with Crippen LogP contribution in [0.15, 0.2) is 47.5 Å². The van der Waals surface area contributed by atoms with Crippen molar-refractivity contribution >= 4 is 15.9 Å². The molecule has 2 aliphatic rings. The van der Waals surface area contributed by atoms with Gasteiger partial charge in [0.15, 0.2) is 0 Å². The van der Waals surface area contributed by atoms with Gasteiger partial charge in [-0.15, -0.1) is 0 Å². The highest BCUT2D eigenvalue weighted by Gasteiger charge is 2.36. The number of carbonyl (C=O) groups is 1. The third kappa shape index (κ3) is 6.02. The first-order valence-electron chi connectivity index (χ1n) is 12.9. The Kier molecular flexibility index (Phi) is 8.43. The van der Waals surface area contributed by atoms with Crippen molar-refractivity contribution in [2.45, 2.75) is 62.2 Å². The van der Waals surface area contributed by atoms with E-state index in [0.717, 1.165) is 12.8 Å². The minimum atomic E-state index is -3.76. The summed E-state index contributed by atoms with van der Waals surface area (Å²) in [6, 6.07) is 9.28. The molecule has 0 spiro atoms. The fourth-order valence-electron chi connectivity index (χ4n) is 4.79. The first kappa shape index (κ1) is 28.0. The Balaban J connectivity index is 1.67. The van der Waals surface area contributed by atoms with Gasteiger partial charge in [0, 0.05) is 31.3 Å². The van der Waals surface area contributed by atoms with Crippen molar-refractivity contribution in [2.24, 2.45) is 5.92 Å². The third-order valence-corrected chi connectivity index (χ3v) is 9.12. The molecule has 1 aliphatic heterocycles. The van der Waals surface area contributed by atoms with Crippen molar-refractivity contribution in [3.63, 3.8) is 0 Å². The molecule has 4 rings (SSSR count). The van der Waals surface area contributed by atoms with Gasteiger partial charge in [-0.3, -0.25) is 4.79 Å². The molecule has 1 aliphatic carbocycles. The summed E-state index contributed by atoms with van der Waals surface area (Å²) in [5, 5.41) is 20.4. The van der Waals surface area contributed by atoms with E-state index in [0.29, 0.717) is 18.4 Å². The number of ether oxygens (including phenoxy) is 1. The van der Waals surface area contributed by atoms with E-state index in [-0.39, 0.29) is 47.9 Å². The summed E-state index contributed by atoms with van der Waals surface area (Å²) in [5.74, 6) is 5.34. The predicted molar refractivity (Wildman–Crippen MR) is 142 cm³/mol. The van der Waals surface area contributed by atoms with Gasteiger partial charge >= 0.3 is 0 Å². The summed E-state index contributed by atoms with van der Waals surface area (Å²) in [5.41, 5.74) is -0.384. The number of aliphatic hydroxyl groups is 2. The van der Waals surface area contributed by atoms with Crippen LogP contribution < -0.4 is 4.74 Å². The Bertz CT molecular complexity index is 1320. The van der Waals surface area contributed by atoms with Crippen LogP contribution in [0, 0.1) is 17.8 Å². The number of aromatic nitrogens is 1. The zero-order valence-corrected chi connectivity index (χ0v) is 22.8. The smallest absolute Gasteiger partial charge is 0.259 e. The average molecular weight is 542 g/mol. The van der Waals surface area contributed by atoms with E-state index in [1.807, 2.05) is 6.92 Å². The van der Waals surface area contributed by atoms with Crippen molar-refractivity contribution in [2.75, 3.05) is 26.7 Å². The van der Waals surface area contributed by atoms with Crippen LogP contribution in [0.3, 0.4) is 0 Å². The van der Waals surface area contributed by atoms with Crippen LogP contribution in [0.4, 0.5) is 0 Å².